The second kappa shape index (κ2) is 6.79. The van der Waals surface area contributed by atoms with E-state index in [4.69, 9.17) is 5.11 Å². The van der Waals surface area contributed by atoms with Crippen LogP contribution in [-0.2, 0) is 9.59 Å². The highest BCUT2D eigenvalue weighted by Crippen LogP contribution is 2.17. The van der Waals surface area contributed by atoms with Crippen molar-refractivity contribution in [3.8, 4) is 0 Å². The molecule has 1 unspecified atom stereocenters. The third-order valence-electron chi connectivity index (χ3n) is 2.48. The molecule has 1 heterocycles. The van der Waals surface area contributed by atoms with E-state index in [2.05, 4.69) is 0 Å². The summed E-state index contributed by atoms with van der Waals surface area (Å²) in [5.41, 5.74) is 0. The maximum atomic E-state index is 11.8. The summed E-state index contributed by atoms with van der Waals surface area (Å²) in [6.07, 6.45) is -3.40. The first-order valence-corrected chi connectivity index (χ1v) is 5.10. The van der Waals surface area contributed by atoms with Gasteiger partial charge in [0.05, 0.1) is 6.54 Å². The molecule has 106 valence electrons. The molecular formula is C9H14ClF3N2O3. The molecule has 1 amide bonds. The summed E-state index contributed by atoms with van der Waals surface area (Å²) in [7, 11) is 0. The van der Waals surface area contributed by atoms with E-state index in [9.17, 15) is 22.8 Å². The summed E-state index contributed by atoms with van der Waals surface area (Å²) in [4.78, 5) is 23.3. The van der Waals surface area contributed by atoms with Gasteiger partial charge in [0, 0.05) is 0 Å². The van der Waals surface area contributed by atoms with Crippen LogP contribution in [0.3, 0.4) is 0 Å². The third kappa shape index (κ3) is 5.54. The van der Waals surface area contributed by atoms with Gasteiger partial charge in [0.25, 0.3) is 0 Å². The number of nitrogens with zero attached hydrogens (tertiary/aromatic N) is 1. The van der Waals surface area contributed by atoms with E-state index in [1.54, 1.807) is 5.32 Å². The van der Waals surface area contributed by atoms with E-state index in [1.807, 2.05) is 0 Å². The van der Waals surface area contributed by atoms with Gasteiger partial charge in [-0.05, 0) is 19.4 Å². The molecule has 0 radical (unpaired) electrons. The van der Waals surface area contributed by atoms with Crippen LogP contribution in [0.2, 0.25) is 0 Å². The van der Waals surface area contributed by atoms with Crippen molar-refractivity contribution in [2.24, 2.45) is 0 Å². The summed E-state index contributed by atoms with van der Waals surface area (Å²) in [5.74, 6) is -1.86. The number of likely N-dealkylation sites (tertiary alicyclic amines) is 1. The van der Waals surface area contributed by atoms with Gasteiger partial charge in [-0.25, -0.2) is 0 Å². The van der Waals surface area contributed by atoms with Crippen LogP contribution in [0.1, 0.15) is 12.8 Å². The molecule has 1 rings (SSSR count). The van der Waals surface area contributed by atoms with Crippen molar-refractivity contribution in [1.29, 1.82) is 0 Å². The highest BCUT2D eigenvalue weighted by Gasteiger charge is 2.33. The van der Waals surface area contributed by atoms with E-state index in [-0.39, 0.29) is 19.0 Å². The zero-order valence-corrected chi connectivity index (χ0v) is 10.2. The first-order valence-electron chi connectivity index (χ1n) is 5.10. The first-order chi connectivity index (χ1) is 7.79. The average Bonchev–Trinajstić information content (AvgIpc) is 2.62. The van der Waals surface area contributed by atoms with Crippen molar-refractivity contribution in [2.45, 2.75) is 25.1 Å². The summed E-state index contributed by atoms with van der Waals surface area (Å²) in [6.45, 7) is -1.29. The molecule has 0 aliphatic carbocycles. The van der Waals surface area contributed by atoms with Crippen LogP contribution in [0, 0.1) is 0 Å². The molecule has 1 fully saturated rings. The molecule has 0 aromatic carbocycles. The second-order valence-corrected chi connectivity index (χ2v) is 3.86. The Kier molecular flexibility index (Phi) is 6.41. The van der Waals surface area contributed by atoms with Gasteiger partial charge in [0.2, 0.25) is 5.91 Å². The number of alkyl halides is 3. The maximum absolute atomic E-state index is 11.8. The van der Waals surface area contributed by atoms with Crippen molar-refractivity contribution in [1.82, 2.24) is 10.2 Å². The van der Waals surface area contributed by atoms with Gasteiger partial charge in [-0.15, -0.1) is 12.4 Å². The number of halogens is 4. The maximum Gasteiger partial charge on any atom is 0.405 e. The molecular weight excluding hydrogens is 277 g/mol. The van der Waals surface area contributed by atoms with Gasteiger partial charge < -0.3 is 10.4 Å². The van der Waals surface area contributed by atoms with E-state index in [0.717, 1.165) is 0 Å². The summed E-state index contributed by atoms with van der Waals surface area (Å²) in [5, 5.41) is 10.5. The molecule has 0 aromatic rings. The monoisotopic (exact) mass is 290 g/mol. The lowest BCUT2D eigenvalue weighted by Crippen LogP contribution is -2.44. The predicted octanol–water partition coefficient (Wildman–Crippen LogP) is 0.636. The Bertz CT molecular complexity index is 312. The number of hydrogen-bond donors (Lipinski definition) is 2. The van der Waals surface area contributed by atoms with Gasteiger partial charge in [-0.1, -0.05) is 0 Å². The lowest BCUT2D eigenvalue weighted by Gasteiger charge is -2.20. The molecule has 0 saturated carbocycles. The quantitative estimate of drug-likeness (QED) is 0.797. The van der Waals surface area contributed by atoms with Crippen molar-refractivity contribution in [3.63, 3.8) is 0 Å². The lowest BCUT2D eigenvalue weighted by molar-refractivity contribution is -0.144. The molecule has 0 aromatic heterocycles. The molecule has 18 heavy (non-hydrogen) atoms. The number of nitrogens with one attached hydrogen (secondary N) is 1. The minimum atomic E-state index is -4.45. The average molecular weight is 291 g/mol. The first kappa shape index (κ1) is 17.0. The fourth-order valence-electron chi connectivity index (χ4n) is 1.73. The highest BCUT2D eigenvalue weighted by atomic mass is 35.5. The Labute approximate surface area is 108 Å². The lowest BCUT2D eigenvalue weighted by atomic mass is 10.2. The van der Waals surface area contributed by atoms with Crippen LogP contribution >= 0.6 is 12.4 Å². The minimum Gasteiger partial charge on any atom is -0.480 e. The fraction of sp³-hybridized carbons (Fsp3) is 0.778. The summed E-state index contributed by atoms with van der Waals surface area (Å²) < 4.78 is 35.4. The van der Waals surface area contributed by atoms with Gasteiger partial charge in [0.1, 0.15) is 12.6 Å². The largest absolute Gasteiger partial charge is 0.480 e. The van der Waals surface area contributed by atoms with Gasteiger partial charge in [-0.3, -0.25) is 14.5 Å². The Hall–Kier alpha value is -1.02. The van der Waals surface area contributed by atoms with Crippen LogP contribution in [0.4, 0.5) is 13.2 Å². The molecule has 2 N–H and O–H groups in total. The molecule has 1 atom stereocenters. The molecule has 1 aliphatic rings. The summed E-state index contributed by atoms with van der Waals surface area (Å²) in [6, 6.07) is -0.772. The Morgan fingerprint density at radius 1 is 1.39 bits per heavy atom. The van der Waals surface area contributed by atoms with E-state index < -0.39 is 30.6 Å². The van der Waals surface area contributed by atoms with Crippen molar-refractivity contribution >= 4 is 24.3 Å². The smallest absolute Gasteiger partial charge is 0.405 e. The SMILES string of the molecule is Cl.O=C(CN1CCCC1C(=O)O)NCC(F)(F)F. The van der Waals surface area contributed by atoms with Gasteiger partial charge in [-0.2, -0.15) is 13.2 Å². The summed E-state index contributed by atoms with van der Waals surface area (Å²) >= 11 is 0. The molecule has 5 nitrogen and oxygen atoms in total. The molecule has 0 spiro atoms. The van der Waals surface area contributed by atoms with E-state index in [1.165, 1.54) is 4.90 Å². The third-order valence-corrected chi connectivity index (χ3v) is 2.48. The second-order valence-electron chi connectivity index (χ2n) is 3.86. The Morgan fingerprint density at radius 2 is 2.00 bits per heavy atom. The number of carbonyl (C=O) groups excluding carboxylic acids is 1. The van der Waals surface area contributed by atoms with Crippen LogP contribution in [0.25, 0.3) is 0 Å². The van der Waals surface area contributed by atoms with E-state index in [0.29, 0.717) is 19.4 Å². The predicted molar refractivity (Wildman–Crippen MR) is 58.5 cm³/mol. The van der Waals surface area contributed by atoms with Crippen LogP contribution in [0.5, 0.6) is 0 Å². The molecule has 1 aliphatic heterocycles. The Morgan fingerprint density at radius 3 is 2.50 bits per heavy atom. The van der Waals surface area contributed by atoms with E-state index >= 15 is 0 Å². The van der Waals surface area contributed by atoms with Crippen molar-refractivity contribution < 1.29 is 27.9 Å². The number of amides is 1. The van der Waals surface area contributed by atoms with Crippen LogP contribution in [0.15, 0.2) is 0 Å². The molecule has 0 bridgehead atoms. The minimum absolute atomic E-state index is 0. The number of carboxylic acid groups (broad SMARTS) is 1. The zero-order valence-electron chi connectivity index (χ0n) is 9.37. The molecule has 1 saturated heterocycles. The van der Waals surface area contributed by atoms with Crippen LogP contribution < -0.4 is 5.32 Å². The van der Waals surface area contributed by atoms with Gasteiger partial charge >= 0.3 is 12.1 Å². The van der Waals surface area contributed by atoms with Crippen molar-refractivity contribution in [3.05, 3.63) is 0 Å². The number of hydrogen-bond acceptors (Lipinski definition) is 3. The topological polar surface area (TPSA) is 69.6 Å². The number of aliphatic carboxylic acids is 1. The zero-order chi connectivity index (χ0) is 13.1. The fourth-order valence-corrected chi connectivity index (χ4v) is 1.73. The van der Waals surface area contributed by atoms with Crippen molar-refractivity contribution in [2.75, 3.05) is 19.6 Å². The standard InChI is InChI=1S/C9H13F3N2O3.ClH/c10-9(11,12)5-13-7(15)4-14-3-1-2-6(14)8(16)17;/h6H,1-5H2,(H,13,15)(H,16,17);1H. The Balaban J connectivity index is 0.00000289. The number of carbonyl (C=O) groups is 2. The molecule has 9 heteroatoms. The number of rotatable bonds is 4. The van der Waals surface area contributed by atoms with Gasteiger partial charge in [0.15, 0.2) is 0 Å². The number of carboxylic acids is 1. The normalized spacial score (nSPS) is 20.3. The van der Waals surface area contributed by atoms with Crippen LogP contribution in [-0.4, -0.2) is 53.7 Å². The highest BCUT2D eigenvalue weighted by molar-refractivity contribution is 5.85.